The molecule has 106 valence electrons. The third-order valence-corrected chi connectivity index (χ3v) is 3.83. The Morgan fingerprint density at radius 1 is 1.24 bits per heavy atom. The molecular weight excluding hydrogens is 334 g/mol. The second-order valence-electron chi connectivity index (χ2n) is 4.45. The molecule has 2 aromatic carbocycles. The molecule has 2 N–H and O–H groups in total. The van der Waals surface area contributed by atoms with E-state index in [4.69, 9.17) is 4.74 Å². The maximum atomic E-state index is 11.8. The van der Waals surface area contributed by atoms with E-state index in [9.17, 15) is 4.79 Å². The van der Waals surface area contributed by atoms with Crippen molar-refractivity contribution < 1.29 is 9.53 Å². The molecule has 0 atom stereocenters. The highest BCUT2D eigenvalue weighted by atomic mass is 79.9. The first-order chi connectivity index (χ1) is 10.2. The van der Waals surface area contributed by atoms with Gasteiger partial charge in [0.05, 0.1) is 21.9 Å². The molecule has 5 nitrogen and oxygen atoms in total. The molecule has 21 heavy (non-hydrogen) atoms. The van der Waals surface area contributed by atoms with Gasteiger partial charge < -0.3 is 4.74 Å². The Labute approximate surface area is 129 Å². The van der Waals surface area contributed by atoms with Crippen LogP contribution in [0.25, 0.3) is 10.9 Å². The van der Waals surface area contributed by atoms with Gasteiger partial charge in [0.25, 0.3) is 0 Å². The lowest BCUT2D eigenvalue weighted by Crippen LogP contribution is -2.13. The second kappa shape index (κ2) is 5.97. The van der Waals surface area contributed by atoms with Gasteiger partial charge in [0.2, 0.25) is 0 Å². The minimum absolute atomic E-state index is 0.233. The third-order valence-electron chi connectivity index (χ3n) is 3.00. The van der Waals surface area contributed by atoms with Crippen LogP contribution >= 0.6 is 15.9 Å². The number of hydrogen-bond donors (Lipinski definition) is 2. The first-order valence-corrected chi connectivity index (χ1v) is 7.12. The summed E-state index contributed by atoms with van der Waals surface area (Å²) in [6.45, 7) is 0.233. The second-order valence-corrected chi connectivity index (χ2v) is 5.24. The monoisotopic (exact) mass is 345 g/mol. The molecule has 0 aliphatic rings. The van der Waals surface area contributed by atoms with E-state index in [0.29, 0.717) is 5.69 Å². The number of aromatic nitrogens is 2. The van der Waals surface area contributed by atoms with E-state index in [1.54, 1.807) is 12.3 Å². The van der Waals surface area contributed by atoms with E-state index < -0.39 is 6.09 Å². The Bertz CT molecular complexity index is 771. The summed E-state index contributed by atoms with van der Waals surface area (Å²) in [7, 11) is 0. The van der Waals surface area contributed by atoms with E-state index in [1.807, 2.05) is 36.4 Å². The van der Waals surface area contributed by atoms with Gasteiger partial charge in [0.1, 0.15) is 6.61 Å². The van der Waals surface area contributed by atoms with Gasteiger partial charge in [-0.3, -0.25) is 10.4 Å². The predicted octanol–water partition coefficient (Wildman–Crippen LogP) is 4.07. The lowest BCUT2D eigenvalue weighted by atomic mass is 10.2. The fourth-order valence-electron chi connectivity index (χ4n) is 1.94. The zero-order valence-electron chi connectivity index (χ0n) is 11.0. The maximum absolute atomic E-state index is 11.8. The number of hydrogen-bond acceptors (Lipinski definition) is 3. The summed E-state index contributed by atoms with van der Waals surface area (Å²) >= 11 is 3.44. The molecule has 0 saturated carbocycles. The summed E-state index contributed by atoms with van der Waals surface area (Å²) in [4.78, 5) is 11.8. The molecule has 0 aliphatic heterocycles. The van der Waals surface area contributed by atoms with Crippen molar-refractivity contribution in [2.45, 2.75) is 6.61 Å². The number of amides is 1. The van der Waals surface area contributed by atoms with Gasteiger partial charge in [-0.15, -0.1) is 0 Å². The smallest absolute Gasteiger partial charge is 0.411 e. The topological polar surface area (TPSA) is 67.0 Å². The van der Waals surface area contributed by atoms with Crippen molar-refractivity contribution in [1.82, 2.24) is 10.2 Å². The van der Waals surface area contributed by atoms with Gasteiger partial charge >= 0.3 is 6.09 Å². The van der Waals surface area contributed by atoms with Crippen LogP contribution in [0, 0.1) is 0 Å². The van der Waals surface area contributed by atoms with Crippen molar-refractivity contribution in [1.29, 1.82) is 0 Å². The van der Waals surface area contributed by atoms with E-state index >= 15 is 0 Å². The van der Waals surface area contributed by atoms with Crippen LogP contribution < -0.4 is 5.32 Å². The molecule has 1 amide bonds. The standard InChI is InChI=1S/C15H12BrN3O2/c16-13-12(7-6-11-8-17-19-14(11)13)18-15(20)21-9-10-4-2-1-3-5-10/h1-8H,9H2,(H,17,19)(H,18,20). The van der Waals surface area contributed by atoms with Crippen molar-refractivity contribution in [2.75, 3.05) is 5.32 Å². The van der Waals surface area contributed by atoms with Crippen molar-refractivity contribution in [3.8, 4) is 0 Å². The Hall–Kier alpha value is -2.34. The van der Waals surface area contributed by atoms with Gasteiger partial charge in [0.15, 0.2) is 0 Å². The SMILES string of the molecule is O=C(Nc1ccc2cn[nH]c2c1Br)OCc1ccccc1. The van der Waals surface area contributed by atoms with Crippen LogP contribution in [0.4, 0.5) is 10.5 Å². The number of rotatable bonds is 3. The number of aromatic amines is 1. The van der Waals surface area contributed by atoms with Crippen molar-refractivity contribution >= 4 is 38.6 Å². The Morgan fingerprint density at radius 2 is 2.05 bits per heavy atom. The molecule has 3 rings (SSSR count). The molecule has 1 heterocycles. The lowest BCUT2D eigenvalue weighted by Gasteiger charge is -2.09. The minimum Gasteiger partial charge on any atom is -0.444 e. The summed E-state index contributed by atoms with van der Waals surface area (Å²) in [5, 5.41) is 10.5. The number of anilines is 1. The zero-order valence-corrected chi connectivity index (χ0v) is 12.6. The lowest BCUT2D eigenvalue weighted by molar-refractivity contribution is 0.155. The highest BCUT2D eigenvalue weighted by molar-refractivity contribution is 9.10. The summed E-state index contributed by atoms with van der Waals surface area (Å²) in [5.74, 6) is 0. The normalized spacial score (nSPS) is 10.5. The zero-order chi connectivity index (χ0) is 14.7. The third kappa shape index (κ3) is 3.05. The summed E-state index contributed by atoms with van der Waals surface area (Å²) in [6.07, 6.45) is 1.22. The van der Waals surface area contributed by atoms with Crippen LogP contribution in [0.3, 0.4) is 0 Å². The number of fused-ring (bicyclic) bond motifs is 1. The average Bonchev–Trinajstić information content (AvgIpc) is 2.98. The van der Waals surface area contributed by atoms with Gasteiger partial charge in [-0.1, -0.05) is 30.3 Å². The molecule has 0 unspecified atom stereocenters. The Balaban J connectivity index is 1.67. The number of nitrogens with one attached hydrogen (secondary N) is 2. The number of ether oxygens (including phenoxy) is 1. The molecule has 0 spiro atoms. The number of carbonyl (C=O) groups is 1. The molecule has 6 heteroatoms. The quantitative estimate of drug-likeness (QED) is 0.751. The molecule has 0 bridgehead atoms. The molecule has 0 fully saturated rings. The average molecular weight is 346 g/mol. The van der Waals surface area contributed by atoms with Crippen LogP contribution in [0.15, 0.2) is 53.1 Å². The van der Waals surface area contributed by atoms with Crippen LogP contribution in [0.1, 0.15) is 5.56 Å². The van der Waals surface area contributed by atoms with Crippen LogP contribution in [-0.2, 0) is 11.3 Å². The van der Waals surface area contributed by atoms with Crippen molar-refractivity contribution in [3.05, 3.63) is 58.7 Å². The Morgan fingerprint density at radius 3 is 2.86 bits per heavy atom. The van der Waals surface area contributed by atoms with E-state index in [1.165, 1.54) is 0 Å². The van der Waals surface area contributed by atoms with Gasteiger partial charge in [-0.25, -0.2) is 4.79 Å². The first kappa shape index (κ1) is 13.6. The number of carbonyl (C=O) groups excluding carboxylic acids is 1. The van der Waals surface area contributed by atoms with Gasteiger partial charge in [-0.05, 0) is 33.6 Å². The van der Waals surface area contributed by atoms with Crippen molar-refractivity contribution in [3.63, 3.8) is 0 Å². The van der Waals surface area contributed by atoms with Crippen LogP contribution in [0.2, 0.25) is 0 Å². The van der Waals surface area contributed by atoms with E-state index in [2.05, 4.69) is 31.4 Å². The summed E-state index contributed by atoms with van der Waals surface area (Å²) in [6, 6.07) is 13.2. The molecule has 0 radical (unpaired) electrons. The number of halogens is 1. The molecule has 1 aromatic heterocycles. The highest BCUT2D eigenvalue weighted by Gasteiger charge is 2.10. The molecule has 0 saturated heterocycles. The highest BCUT2D eigenvalue weighted by Crippen LogP contribution is 2.29. The fourth-order valence-corrected chi connectivity index (χ4v) is 2.49. The van der Waals surface area contributed by atoms with Gasteiger partial charge in [-0.2, -0.15) is 5.10 Å². The largest absolute Gasteiger partial charge is 0.444 e. The predicted molar refractivity (Wildman–Crippen MR) is 84.0 cm³/mol. The number of benzene rings is 2. The number of nitrogens with zero attached hydrogens (tertiary/aromatic N) is 1. The van der Waals surface area contributed by atoms with Gasteiger partial charge in [0, 0.05) is 5.39 Å². The first-order valence-electron chi connectivity index (χ1n) is 6.33. The Kier molecular flexibility index (Phi) is 3.87. The van der Waals surface area contributed by atoms with Crippen molar-refractivity contribution in [2.24, 2.45) is 0 Å². The van der Waals surface area contributed by atoms with E-state index in [0.717, 1.165) is 20.9 Å². The minimum atomic E-state index is -0.501. The number of H-pyrrole nitrogens is 1. The molecule has 0 aliphatic carbocycles. The van der Waals surface area contributed by atoms with Crippen LogP contribution in [-0.4, -0.2) is 16.3 Å². The molecule has 3 aromatic rings. The maximum Gasteiger partial charge on any atom is 0.411 e. The summed E-state index contributed by atoms with van der Waals surface area (Å²) in [5.41, 5.74) is 2.40. The fraction of sp³-hybridized carbons (Fsp3) is 0.0667. The van der Waals surface area contributed by atoms with Crippen LogP contribution in [0.5, 0.6) is 0 Å². The van der Waals surface area contributed by atoms with E-state index in [-0.39, 0.29) is 6.61 Å². The molecular formula is C15H12BrN3O2. The summed E-state index contributed by atoms with van der Waals surface area (Å²) < 4.78 is 5.93.